The van der Waals surface area contributed by atoms with Gasteiger partial charge in [0.25, 0.3) is 11.3 Å². The third-order valence-electron chi connectivity index (χ3n) is 2.57. The van der Waals surface area contributed by atoms with Crippen LogP contribution in [0.1, 0.15) is 22.3 Å². The van der Waals surface area contributed by atoms with E-state index in [1.54, 1.807) is 25.1 Å². The summed E-state index contributed by atoms with van der Waals surface area (Å²) in [6.07, 6.45) is 0.589. The Bertz CT molecular complexity index is 481. The molecular formula is C12H16ClNO4S. The summed E-state index contributed by atoms with van der Waals surface area (Å²) in [5.74, 6) is -0.0282. The molecule has 0 heterocycles. The van der Waals surface area contributed by atoms with Crippen molar-refractivity contribution in [1.29, 1.82) is 0 Å². The molecule has 1 aromatic rings. The van der Waals surface area contributed by atoms with Crippen LogP contribution in [0.2, 0.25) is 0 Å². The first-order valence-corrected chi connectivity index (χ1v) is 7.24. The fourth-order valence-electron chi connectivity index (χ4n) is 1.67. The fraction of sp³-hybridized carbons (Fsp3) is 0.417. The van der Waals surface area contributed by atoms with E-state index < -0.39 is 17.2 Å². The second-order valence-electron chi connectivity index (χ2n) is 3.87. The molecule has 1 rings (SSSR count). The van der Waals surface area contributed by atoms with E-state index in [0.29, 0.717) is 30.1 Å². The Morgan fingerprint density at radius 1 is 1.53 bits per heavy atom. The van der Waals surface area contributed by atoms with Crippen molar-refractivity contribution in [1.82, 2.24) is 0 Å². The van der Waals surface area contributed by atoms with Gasteiger partial charge in [0.15, 0.2) is 0 Å². The summed E-state index contributed by atoms with van der Waals surface area (Å²) in [6, 6.07) is 4.82. The second kappa shape index (κ2) is 7.47. The number of benzene rings is 1. The molecule has 1 unspecified atom stereocenters. The second-order valence-corrected chi connectivity index (χ2v) is 5.15. The predicted molar refractivity (Wildman–Crippen MR) is 76.0 cm³/mol. The van der Waals surface area contributed by atoms with E-state index in [4.69, 9.17) is 11.6 Å². The molecule has 0 amide bonds. The lowest BCUT2D eigenvalue weighted by Gasteiger charge is -2.21. The van der Waals surface area contributed by atoms with Gasteiger partial charge >= 0.3 is 5.97 Å². The number of ether oxygens (including phenoxy) is 1. The zero-order valence-electron chi connectivity index (χ0n) is 10.8. The average Bonchev–Trinajstić information content (AvgIpc) is 2.39. The Hall–Kier alpha value is -1.11. The van der Waals surface area contributed by atoms with Crippen LogP contribution >= 0.6 is 11.6 Å². The molecule has 1 aromatic carbocycles. The number of carbonyl (C=O) groups is 1. The van der Waals surface area contributed by atoms with Crippen molar-refractivity contribution in [2.75, 3.05) is 23.8 Å². The predicted octanol–water partition coefficient (Wildman–Crippen LogP) is 2.35. The molecule has 19 heavy (non-hydrogen) atoms. The number of nitrogens with zero attached hydrogens (tertiary/aromatic N) is 1. The first-order chi connectivity index (χ1) is 9.01. The zero-order chi connectivity index (χ0) is 14.4. The minimum atomic E-state index is -2.13. The Morgan fingerprint density at radius 3 is 2.68 bits per heavy atom. The molecule has 0 radical (unpaired) electrons. The van der Waals surface area contributed by atoms with Gasteiger partial charge in [0, 0.05) is 12.4 Å². The molecule has 0 fully saturated rings. The van der Waals surface area contributed by atoms with Crippen LogP contribution in [0.3, 0.4) is 0 Å². The average molecular weight is 306 g/mol. The van der Waals surface area contributed by atoms with Gasteiger partial charge in [0.05, 0.1) is 18.4 Å². The molecule has 0 aliphatic heterocycles. The first-order valence-electron chi connectivity index (χ1n) is 5.64. The number of aryl methyl sites for hydroxylation is 1. The summed E-state index contributed by atoms with van der Waals surface area (Å²) in [4.78, 5) is 11.4. The van der Waals surface area contributed by atoms with Gasteiger partial charge in [0.1, 0.15) is 0 Å². The summed E-state index contributed by atoms with van der Waals surface area (Å²) in [6.45, 7) is 2.13. The van der Waals surface area contributed by atoms with E-state index in [-0.39, 0.29) is 0 Å². The van der Waals surface area contributed by atoms with Crippen LogP contribution < -0.4 is 4.31 Å². The largest absolute Gasteiger partial charge is 0.465 e. The van der Waals surface area contributed by atoms with Gasteiger partial charge in [-0.2, -0.15) is 0 Å². The lowest BCUT2D eigenvalue weighted by atomic mass is 10.1. The Balaban J connectivity index is 3.04. The van der Waals surface area contributed by atoms with Crippen LogP contribution in [0, 0.1) is 6.92 Å². The highest BCUT2D eigenvalue weighted by molar-refractivity contribution is 7.80. The highest BCUT2D eigenvalue weighted by atomic mass is 35.5. The van der Waals surface area contributed by atoms with Gasteiger partial charge in [-0.3, -0.25) is 8.86 Å². The number of anilines is 1. The van der Waals surface area contributed by atoms with E-state index in [0.717, 1.165) is 5.56 Å². The van der Waals surface area contributed by atoms with Crippen molar-refractivity contribution in [3.05, 3.63) is 29.3 Å². The summed E-state index contributed by atoms with van der Waals surface area (Å²) in [5, 5.41) is 0. The van der Waals surface area contributed by atoms with Crippen LogP contribution in [0.5, 0.6) is 0 Å². The molecule has 0 spiro atoms. The molecule has 0 aliphatic rings. The van der Waals surface area contributed by atoms with Crippen LogP contribution in [-0.2, 0) is 16.0 Å². The normalized spacial score (nSPS) is 12.0. The molecule has 7 heteroatoms. The Morgan fingerprint density at radius 2 is 2.21 bits per heavy atom. The maximum atomic E-state index is 11.4. The minimum absolute atomic E-state index is 0.366. The number of hydrogen-bond acceptors (Lipinski definition) is 3. The molecule has 0 saturated heterocycles. The van der Waals surface area contributed by atoms with Gasteiger partial charge in [-0.1, -0.05) is 0 Å². The van der Waals surface area contributed by atoms with Crippen molar-refractivity contribution >= 4 is 34.5 Å². The topological polar surface area (TPSA) is 66.8 Å². The summed E-state index contributed by atoms with van der Waals surface area (Å²) in [5.41, 5.74) is 1.73. The van der Waals surface area contributed by atoms with Crippen molar-refractivity contribution in [2.45, 2.75) is 13.3 Å². The van der Waals surface area contributed by atoms with E-state index in [1.165, 1.54) is 11.4 Å². The summed E-state index contributed by atoms with van der Waals surface area (Å²) in [7, 11) is 1.31. The zero-order valence-corrected chi connectivity index (χ0v) is 12.3. The number of rotatable bonds is 6. The molecule has 106 valence electrons. The van der Waals surface area contributed by atoms with Gasteiger partial charge < -0.3 is 4.74 Å². The first kappa shape index (κ1) is 15.9. The van der Waals surface area contributed by atoms with Crippen molar-refractivity contribution in [3.8, 4) is 0 Å². The lowest BCUT2D eigenvalue weighted by molar-refractivity contribution is 0.0600. The van der Waals surface area contributed by atoms with E-state index >= 15 is 0 Å². The SMILES string of the molecule is COC(=O)c1ccc(N(CCCCl)S(=O)O)c(C)c1. The molecule has 1 N–H and O–H groups in total. The maximum Gasteiger partial charge on any atom is 0.337 e. The van der Waals surface area contributed by atoms with Gasteiger partial charge in [-0.25, -0.2) is 9.00 Å². The molecule has 1 atom stereocenters. The molecule has 0 saturated carbocycles. The molecular weight excluding hydrogens is 290 g/mol. The monoisotopic (exact) mass is 305 g/mol. The van der Waals surface area contributed by atoms with Crippen LogP contribution in [0.4, 0.5) is 5.69 Å². The molecule has 0 aromatic heterocycles. The molecule has 0 bridgehead atoms. The standard InChI is InChI=1S/C12H16ClNO4S/c1-9-8-10(12(15)18-2)4-5-11(9)14(19(16)17)7-3-6-13/h4-5,8H,3,6-7H2,1-2H3,(H,16,17). The van der Waals surface area contributed by atoms with Crippen molar-refractivity contribution < 1.29 is 18.3 Å². The number of carbonyl (C=O) groups excluding carboxylic acids is 1. The Kier molecular flexibility index (Phi) is 6.27. The van der Waals surface area contributed by atoms with Crippen LogP contribution in [0.15, 0.2) is 18.2 Å². The van der Waals surface area contributed by atoms with E-state index in [9.17, 15) is 13.6 Å². The van der Waals surface area contributed by atoms with Crippen LogP contribution in [0.25, 0.3) is 0 Å². The third kappa shape index (κ3) is 4.19. The maximum absolute atomic E-state index is 11.4. The summed E-state index contributed by atoms with van der Waals surface area (Å²) >= 11 is 3.47. The fourth-order valence-corrected chi connectivity index (χ4v) is 2.44. The summed E-state index contributed by atoms with van der Waals surface area (Å²) < 4.78 is 26.6. The van der Waals surface area contributed by atoms with Gasteiger partial charge in [-0.05, 0) is 37.1 Å². The number of esters is 1. The van der Waals surface area contributed by atoms with Gasteiger partial charge in [-0.15, -0.1) is 11.6 Å². The lowest BCUT2D eigenvalue weighted by Crippen LogP contribution is -2.27. The molecule has 0 aliphatic carbocycles. The Labute approximate surface area is 119 Å². The molecule has 5 nitrogen and oxygen atoms in total. The highest BCUT2D eigenvalue weighted by Crippen LogP contribution is 2.23. The quantitative estimate of drug-likeness (QED) is 0.498. The van der Waals surface area contributed by atoms with Crippen LogP contribution in [-0.4, -0.2) is 34.3 Å². The van der Waals surface area contributed by atoms with Gasteiger partial charge in [0.2, 0.25) is 0 Å². The highest BCUT2D eigenvalue weighted by Gasteiger charge is 2.16. The third-order valence-corrected chi connectivity index (χ3v) is 3.59. The number of halogens is 1. The van der Waals surface area contributed by atoms with Crippen molar-refractivity contribution in [2.24, 2.45) is 0 Å². The number of alkyl halides is 1. The van der Waals surface area contributed by atoms with E-state index in [2.05, 4.69) is 4.74 Å². The number of methoxy groups -OCH3 is 1. The van der Waals surface area contributed by atoms with E-state index in [1.807, 2.05) is 0 Å². The number of hydrogen-bond donors (Lipinski definition) is 1. The minimum Gasteiger partial charge on any atom is -0.465 e. The van der Waals surface area contributed by atoms with Crippen molar-refractivity contribution in [3.63, 3.8) is 0 Å². The smallest absolute Gasteiger partial charge is 0.337 e.